The second-order valence-electron chi connectivity index (χ2n) is 6.85. The van der Waals surface area contributed by atoms with Gasteiger partial charge in [-0.3, -0.25) is 9.78 Å². The highest BCUT2D eigenvalue weighted by Gasteiger charge is 2.18. The van der Waals surface area contributed by atoms with Crippen molar-refractivity contribution in [3.63, 3.8) is 0 Å². The van der Waals surface area contributed by atoms with Crippen LogP contribution in [0.4, 0.5) is 0 Å². The van der Waals surface area contributed by atoms with E-state index in [0.29, 0.717) is 31.1 Å². The van der Waals surface area contributed by atoms with E-state index in [2.05, 4.69) is 22.0 Å². The number of furan rings is 1. The van der Waals surface area contributed by atoms with Crippen molar-refractivity contribution in [2.45, 2.75) is 32.7 Å². The number of amides is 1. The third-order valence-electron chi connectivity index (χ3n) is 4.88. The molecule has 0 aliphatic heterocycles. The second kappa shape index (κ2) is 8.26. The van der Waals surface area contributed by atoms with Gasteiger partial charge in [-0.1, -0.05) is 30.3 Å². The van der Waals surface area contributed by atoms with Gasteiger partial charge >= 0.3 is 0 Å². The van der Waals surface area contributed by atoms with Gasteiger partial charge in [-0.15, -0.1) is 0 Å². The number of para-hydroxylation sites is 1. The van der Waals surface area contributed by atoms with Gasteiger partial charge in [0.05, 0.1) is 0 Å². The number of hydrogen-bond donors (Lipinski definition) is 0. The smallest absolute Gasteiger partial charge is 0.227 e. The minimum Gasteiger partial charge on any atom is -0.461 e. The van der Waals surface area contributed by atoms with Gasteiger partial charge in [0, 0.05) is 61.8 Å². The van der Waals surface area contributed by atoms with Crippen molar-refractivity contribution in [2.24, 2.45) is 0 Å². The normalized spacial score (nSPS) is 11.1. The first-order valence-electron chi connectivity index (χ1n) is 9.62. The van der Waals surface area contributed by atoms with Crippen LogP contribution in [0.1, 0.15) is 30.6 Å². The summed E-state index contributed by atoms with van der Waals surface area (Å²) in [6, 6.07) is 11.6. The molecule has 0 radical (unpaired) electrons. The van der Waals surface area contributed by atoms with E-state index in [4.69, 9.17) is 8.94 Å². The Labute approximate surface area is 168 Å². The summed E-state index contributed by atoms with van der Waals surface area (Å²) in [5.41, 5.74) is 2.75. The summed E-state index contributed by atoms with van der Waals surface area (Å²) in [4.78, 5) is 22.7. The lowest BCUT2D eigenvalue weighted by atomic mass is 10.1. The van der Waals surface area contributed by atoms with Crippen LogP contribution >= 0.6 is 0 Å². The van der Waals surface area contributed by atoms with Gasteiger partial charge in [0.1, 0.15) is 11.3 Å². The predicted octanol–water partition coefficient (Wildman–Crippen LogP) is 4.03. The molecule has 0 bridgehead atoms. The maximum Gasteiger partial charge on any atom is 0.227 e. The molecule has 4 rings (SSSR count). The molecular formula is C22H22N4O3. The van der Waals surface area contributed by atoms with E-state index >= 15 is 0 Å². The third kappa shape index (κ3) is 4.03. The molecule has 0 saturated carbocycles. The van der Waals surface area contributed by atoms with Crippen LogP contribution in [0.25, 0.3) is 22.4 Å². The number of hydrogen-bond acceptors (Lipinski definition) is 6. The number of rotatable bonds is 7. The molecule has 0 N–H and O–H groups in total. The first-order valence-corrected chi connectivity index (χ1v) is 9.62. The predicted molar refractivity (Wildman–Crippen MR) is 108 cm³/mol. The molecule has 0 aliphatic rings. The van der Waals surface area contributed by atoms with Crippen molar-refractivity contribution in [1.82, 2.24) is 20.0 Å². The fraction of sp³-hybridized carbons (Fsp3) is 0.273. The highest BCUT2D eigenvalue weighted by molar-refractivity contribution is 5.83. The Morgan fingerprint density at radius 1 is 1.14 bits per heavy atom. The first-order chi connectivity index (χ1) is 14.2. The van der Waals surface area contributed by atoms with Crippen molar-refractivity contribution in [3.05, 3.63) is 66.0 Å². The maximum atomic E-state index is 12.7. The molecule has 0 unspecified atom stereocenters. The van der Waals surface area contributed by atoms with Crippen LogP contribution in [0.3, 0.4) is 0 Å². The topological polar surface area (TPSA) is 85.3 Å². The Bertz CT molecular complexity index is 1120. The molecule has 0 aliphatic carbocycles. The lowest BCUT2D eigenvalue weighted by molar-refractivity contribution is -0.130. The molecule has 1 amide bonds. The largest absolute Gasteiger partial charge is 0.461 e. The van der Waals surface area contributed by atoms with Crippen LogP contribution < -0.4 is 0 Å². The number of benzene rings is 1. The number of pyridine rings is 1. The Hall–Kier alpha value is -3.48. The van der Waals surface area contributed by atoms with Crippen molar-refractivity contribution in [3.8, 4) is 11.4 Å². The monoisotopic (exact) mass is 390 g/mol. The van der Waals surface area contributed by atoms with E-state index in [1.807, 2.05) is 36.4 Å². The van der Waals surface area contributed by atoms with Crippen LogP contribution in [-0.4, -0.2) is 33.0 Å². The van der Waals surface area contributed by atoms with Crippen LogP contribution in [0.5, 0.6) is 0 Å². The fourth-order valence-corrected chi connectivity index (χ4v) is 3.31. The summed E-state index contributed by atoms with van der Waals surface area (Å²) in [5, 5.41) is 5.03. The standard InChI is InChI=1S/C22H22N4O3/c1-3-18-17(16-6-4-5-7-19(16)28-18)14-26(2)21(27)9-8-20-24-22(25-29-20)15-10-12-23-13-11-15/h4-7,10-13H,3,8-9,14H2,1-2H3. The summed E-state index contributed by atoms with van der Waals surface area (Å²) in [7, 11) is 1.81. The van der Waals surface area contributed by atoms with E-state index in [1.165, 1.54) is 0 Å². The van der Waals surface area contributed by atoms with Crippen LogP contribution in [-0.2, 0) is 24.2 Å². The quantitative estimate of drug-likeness (QED) is 0.474. The summed E-state index contributed by atoms with van der Waals surface area (Å²) in [5.74, 6) is 1.88. The summed E-state index contributed by atoms with van der Waals surface area (Å²) in [6.45, 7) is 2.56. The van der Waals surface area contributed by atoms with Gasteiger partial charge in [0.2, 0.25) is 17.6 Å². The van der Waals surface area contributed by atoms with Crippen molar-refractivity contribution >= 4 is 16.9 Å². The van der Waals surface area contributed by atoms with E-state index < -0.39 is 0 Å². The SMILES string of the molecule is CCc1oc2ccccc2c1CN(C)C(=O)CCc1nc(-c2ccncc2)no1. The third-order valence-corrected chi connectivity index (χ3v) is 4.88. The highest BCUT2D eigenvalue weighted by Crippen LogP contribution is 2.27. The molecule has 3 aromatic heterocycles. The minimum absolute atomic E-state index is 0.0148. The molecule has 0 fully saturated rings. The zero-order valence-corrected chi connectivity index (χ0v) is 16.5. The Morgan fingerprint density at radius 3 is 2.72 bits per heavy atom. The van der Waals surface area contributed by atoms with Gasteiger partial charge in [-0.05, 0) is 18.2 Å². The number of nitrogens with zero attached hydrogens (tertiary/aromatic N) is 4. The minimum atomic E-state index is 0.0148. The highest BCUT2D eigenvalue weighted by atomic mass is 16.5. The van der Waals surface area contributed by atoms with Gasteiger partial charge in [-0.25, -0.2) is 0 Å². The van der Waals surface area contributed by atoms with Crippen molar-refractivity contribution in [2.75, 3.05) is 7.05 Å². The number of aryl methyl sites for hydroxylation is 2. The number of aromatic nitrogens is 3. The van der Waals surface area contributed by atoms with Crippen molar-refractivity contribution < 1.29 is 13.7 Å². The zero-order valence-electron chi connectivity index (χ0n) is 16.5. The van der Waals surface area contributed by atoms with Gasteiger partial charge in [0.25, 0.3) is 0 Å². The molecule has 0 saturated heterocycles. The average molecular weight is 390 g/mol. The van der Waals surface area contributed by atoms with E-state index in [9.17, 15) is 4.79 Å². The molecule has 0 atom stereocenters. The molecule has 1 aromatic carbocycles. The maximum absolute atomic E-state index is 12.7. The lowest BCUT2D eigenvalue weighted by Crippen LogP contribution is -2.26. The molecular weight excluding hydrogens is 368 g/mol. The summed E-state index contributed by atoms with van der Waals surface area (Å²) >= 11 is 0. The van der Waals surface area contributed by atoms with Gasteiger partial charge in [-0.2, -0.15) is 4.98 Å². The lowest BCUT2D eigenvalue weighted by Gasteiger charge is -2.17. The number of fused-ring (bicyclic) bond motifs is 1. The van der Waals surface area contributed by atoms with E-state index in [0.717, 1.165) is 34.3 Å². The van der Waals surface area contributed by atoms with Crippen molar-refractivity contribution in [1.29, 1.82) is 0 Å². The molecule has 7 heteroatoms. The number of carbonyl (C=O) groups is 1. The Morgan fingerprint density at radius 2 is 1.93 bits per heavy atom. The van der Waals surface area contributed by atoms with Gasteiger partial charge < -0.3 is 13.8 Å². The molecule has 3 heterocycles. The Kier molecular flexibility index (Phi) is 5.37. The summed E-state index contributed by atoms with van der Waals surface area (Å²) < 4.78 is 11.2. The van der Waals surface area contributed by atoms with Crippen LogP contribution in [0.2, 0.25) is 0 Å². The van der Waals surface area contributed by atoms with E-state index in [-0.39, 0.29) is 5.91 Å². The van der Waals surface area contributed by atoms with Crippen LogP contribution in [0, 0.1) is 0 Å². The Balaban J connectivity index is 1.40. The molecule has 0 spiro atoms. The van der Waals surface area contributed by atoms with Gasteiger partial charge in [0.15, 0.2) is 0 Å². The zero-order chi connectivity index (χ0) is 20.2. The van der Waals surface area contributed by atoms with Crippen LogP contribution in [0.15, 0.2) is 57.7 Å². The van der Waals surface area contributed by atoms with E-state index in [1.54, 1.807) is 24.3 Å². The molecule has 7 nitrogen and oxygen atoms in total. The molecule has 4 aromatic rings. The second-order valence-corrected chi connectivity index (χ2v) is 6.85. The first kappa shape index (κ1) is 18.9. The fourth-order valence-electron chi connectivity index (χ4n) is 3.31. The summed E-state index contributed by atoms with van der Waals surface area (Å²) in [6.07, 6.45) is 4.83. The molecule has 148 valence electrons. The average Bonchev–Trinajstić information content (AvgIpc) is 3.37. The molecule has 29 heavy (non-hydrogen) atoms. The number of carbonyl (C=O) groups excluding carboxylic acids is 1.